The van der Waals surface area contributed by atoms with Gasteiger partial charge in [0.2, 0.25) is 0 Å². The minimum Gasteiger partial charge on any atom is -0.478 e. The molecule has 0 heterocycles. The molecule has 0 aromatic heterocycles. The summed E-state index contributed by atoms with van der Waals surface area (Å²) in [5, 5.41) is 8.72. The molecule has 100 valence electrons. The fourth-order valence-electron chi connectivity index (χ4n) is 1.13. The molecule has 0 spiro atoms. The van der Waals surface area contributed by atoms with Crippen molar-refractivity contribution in [3.8, 4) is 0 Å². The summed E-state index contributed by atoms with van der Waals surface area (Å²) in [4.78, 5) is 10.6. The van der Waals surface area contributed by atoms with E-state index in [2.05, 4.69) is 19.7 Å². The van der Waals surface area contributed by atoms with Gasteiger partial charge in [-0.05, 0) is 5.56 Å². The van der Waals surface area contributed by atoms with E-state index in [4.69, 9.17) is 5.11 Å². The summed E-state index contributed by atoms with van der Waals surface area (Å²) in [6, 6.07) is 9.75. The minimum atomic E-state index is -0.944. The molecule has 0 aliphatic rings. The van der Waals surface area contributed by atoms with E-state index in [0.29, 0.717) is 0 Å². The largest absolute Gasteiger partial charge is 0.478 e. The molecule has 2 nitrogen and oxygen atoms in total. The first-order chi connectivity index (χ1) is 9.02. The lowest BCUT2D eigenvalue weighted by molar-refractivity contribution is -0.133. The molecule has 0 amide bonds. The summed E-state index contributed by atoms with van der Waals surface area (Å²) in [5.74, 6) is -1.09. The highest BCUT2D eigenvalue weighted by Gasteiger charge is 2.09. The highest BCUT2D eigenvalue weighted by molar-refractivity contribution is 5.86. The molecule has 1 aromatic rings. The van der Waals surface area contributed by atoms with Crippen LogP contribution in [0.25, 0.3) is 6.08 Å². The van der Waals surface area contributed by atoms with Gasteiger partial charge in [0.05, 0.1) is 0 Å². The summed E-state index contributed by atoms with van der Waals surface area (Å²) in [7, 11) is 0. The van der Waals surface area contributed by atoms with Crippen LogP contribution in [0.2, 0.25) is 0 Å². The van der Waals surface area contributed by atoms with Crippen LogP contribution in [0.4, 0.5) is 0 Å². The first kappa shape index (κ1) is 16.7. The van der Waals surface area contributed by atoms with E-state index in [1.807, 2.05) is 49.4 Å². The van der Waals surface area contributed by atoms with Gasteiger partial charge in [-0.2, -0.15) is 0 Å². The normalized spacial score (nSPS) is 11.0. The van der Waals surface area contributed by atoms with Crippen molar-refractivity contribution in [2.75, 3.05) is 0 Å². The molecule has 0 saturated heterocycles. The SMILES string of the molecule is C=C(C(=O)O)C(C)C=Cc1ccccc1.C=CC=C. The number of aliphatic carboxylic acids is 1. The van der Waals surface area contributed by atoms with E-state index in [1.54, 1.807) is 12.2 Å². The standard InChI is InChI=1S/C13H14O2.C4H6/c1-10(11(2)13(14)15)8-9-12-6-4-3-5-7-12;1-3-4-2/h3-10H,2H2,1H3,(H,14,15);3-4H,1-2H2. The maximum atomic E-state index is 10.6. The fourth-order valence-corrected chi connectivity index (χ4v) is 1.13. The highest BCUT2D eigenvalue weighted by atomic mass is 16.4. The Morgan fingerprint density at radius 2 is 1.74 bits per heavy atom. The molecule has 0 aliphatic heterocycles. The molecule has 0 saturated carbocycles. The third kappa shape index (κ3) is 7.55. The van der Waals surface area contributed by atoms with E-state index < -0.39 is 5.97 Å². The Balaban J connectivity index is 0.000000711. The van der Waals surface area contributed by atoms with Crippen LogP contribution in [0.1, 0.15) is 12.5 Å². The molecular formula is C17H20O2. The predicted octanol–water partition coefficient (Wildman–Crippen LogP) is 4.34. The zero-order chi connectivity index (χ0) is 14.7. The van der Waals surface area contributed by atoms with Gasteiger partial charge in [0.25, 0.3) is 0 Å². The van der Waals surface area contributed by atoms with Crippen LogP contribution in [0.5, 0.6) is 0 Å². The van der Waals surface area contributed by atoms with Crippen molar-refractivity contribution in [1.29, 1.82) is 0 Å². The molecule has 2 heteroatoms. The average molecular weight is 256 g/mol. The van der Waals surface area contributed by atoms with Crippen molar-refractivity contribution >= 4 is 12.0 Å². The van der Waals surface area contributed by atoms with Gasteiger partial charge in [-0.15, -0.1) is 0 Å². The Hall–Kier alpha value is -2.35. The maximum absolute atomic E-state index is 10.6. The molecule has 1 rings (SSSR count). The Morgan fingerprint density at radius 3 is 2.16 bits per heavy atom. The Morgan fingerprint density at radius 1 is 1.21 bits per heavy atom. The van der Waals surface area contributed by atoms with E-state index >= 15 is 0 Å². The number of rotatable bonds is 5. The van der Waals surface area contributed by atoms with Crippen LogP contribution in [0.15, 0.2) is 73.9 Å². The molecule has 1 N–H and O–H groups in total. The second-order valence-electron chi connectivity index (χ2n) is 3.86. The molecular weight excluding hydrogens is 236 g/mol. The van der Waals surface area contributed by atoms with Gasteiger partial charge in [0.1, 0.15) is 0 Å². The van der Waals surface area contributed by atoms with Gasteiger partial charge in [-0.1, -0.05) is 81.3 Å². The monoisotopic (exact) mass is 256 g/mol. The van der Waals surface area contributed by atoms with Crippen LogP contribution in [-0.2, 0) is 4.79 Å². The van der Waals surface area contributed by atoms with Crippen LogP contribution in [0, 0.1) is 5.92 Å². The van der Waals surface area contributed by atoms with Crippen LogP contribution in [0.3, 0.4) is 0 Å². The zero-order valence-electron chi connectivity index (χ0n) is 11.3. The molecule has 0 bridgehead atoms. The molecule has 19 heavy (non-hydrogen) atoms. The lowest BCUT2D eigenvalue weighted by atomic mass is 10.0. The predicted molar refractivity (Wildman–Crippen MR) is 81.8 cm³/mol. The minimum absolute atomic E-state index is 0.150. The number of carboxylic acid groups (broad SMARTS) is 1. The van der Waals surface area contributed by atoms with Crippen molar-refractivity contribution in [3.05, 3.63) is 79.4 Å². The average Bonchev–Trinajstić information content (AvgIpc) is 2.45. The van der Waals surface area contributed by atoms with Gasteiger partial charge < -0.3 is 5.11 Å². The first-order valence-electron chi connectivity index (χ1n) is 5.91. The molecule has 0 radical (unpaired) electrons. The van der Waals surface area contributed by atoms with E-state index in [1.165, 1.54) is 0 Å². The molecule has 1 unspecified atom stereocenters. The molecule has 1 aromatic carbocycles. The molecule has 1 atom stereocenters. The number of hydrogen-bond donors (Lipinski definition) is 1. The number of benzene rings is 1. The summed E-state index contributed by atoms with van der Waals surface area (Å²) < 4.78 is 0. The second kappa shape index (κ2) is 9.66. The van der Waals surface area contributed by atoms with Crippen LogP contribution in [-0.4, -0.2) is 11.1 Å². The number of hydrogen-bond acceptors (Lipinski definition) is 1. The Kier molecular flexibility index (Phi) is 8.46. The Labute approximate surface area is 115 Å². The van der Waals surface area contributed by atoms with Crippen LogP contribution < -0.4 is 0 Å². The smallest absolute Gasteiger partial charge is 0.331 e. The lowest BCUT2D eigenvalue weighted by Crippen LogP contribution is -2.05. The van der Waals surface area contributed by atoms with E-state index in [9.17, 15) is 4.79 Å². The number of allylic oxidation sites excluding steroid dienone is 3. The first-order valence-corrected chi connectivity index (χ1v) is 5.91. The van der Waals surface area contributed by atoms with Gasteiger partial charge in [0.15, 0.2) is 0 Å². The maximum Gasteiger partial charge on any atom is 0.331 e. The molecule has 0 fully saturated rings. The Bertz CT molecular complexity index is 449. The van der Waals surface area contributed by atoms with Crippen molar-refractivity contribution in [2.24, 2.45) is 5.92 Å². The van der Waals surface area contributed by atoms with Crippen molar-refractivity contribution in [2.45, 2.75) is 6.92 Å². The lowest BCUT2D eigenvalue weighted by Gasteiger charge is -2.04. The number of carbonyl (C=O) groups is 1. The van der Waals surface area contributed by atoms with Crippen LogP contribution >= 0.6 is 0 Å². The van der Waals surface area contributed by atoms with Gasteiger partial charge >= 0.3 is 5.97 Å². The quantitative estimate of drug-likeness (QED) is 0.628. The fraction of sp³-hybridized carbons (Fsp3) is 0.118. The summed E-state index contributed by atoms with van der Waals surface area (Å²) in [5.41, 5.74) is 1.27. The zero-order valence-corrected chi connectivity index (χ0v) is 11.3. The third-order valence-corrected chi connectivity index (χ3v) is 2.37. The van der Waals surface area contributed by atoms with Crippen molar-refractivity contribution in [3.63, 3.8) is 0 Å². The summed E-state index contributed by atoms with van der Waals surface area (Å²) in [6.07, 6.45) is 7.02. The molecule has 0 aliphatic carbocycles. The topological polar surface area (TPSA) is 37.3 Å². The van der Waals surface area contributed by atoms with E-state index in [-0.39, 0.29) is 11.5 Å². The number of carboxylic acids is 1. The highest BCUT2D eigenvalue weighted by Crippen LogP contribution is 2.12. The van der Waals surface area contributed by atoms with Gasteiger partial charge in [-0.3, -0.25) is 0 Å². The van der Waals surface area contributed by atoms with E-state index in [0.717, 1.165) is 5.56 Å². The third-order valence-electron chi connectivity index (χ3n) is 2.37. The summed E-state index contributed by atoms with van der Waals surface area (Å²) >= 11 is 0. The van der Waals surface area contributed by atoms with Gasteiger partial charge in [-0.25, -0.2) is 4.79 Å². The van der Waals surface area contributed by atoms with Crippen molar-refractivity contribution < 1.29 is 9.90 Å². The second-order valence-corrected chi connectivity index (χ2v) is 3.86. The van der Waals surface area contributed by atoms with Gasteiger partial charge in [0, 0.05) is 11.5 Å². The summed E-state index contributed by atoms with van der Waals surface area (Å²) in [6.45, 7) is 12.1. The van der Waals surface area contributed by atoms with Crippen molar-refractivity contribution in [1.82, 2.24) is 0 Å².